The van der Waals surface area contributed by atoms with Crippen LogP contribution in [0, 0.1) is 5.92 Å². The van der Waals surface area contributed by atoms with Gasteiger partial charge in [-0.05, 0) is 45.2 Å². The fraction of sp³-hybridized carbons (Fsp3) is 0.688. The Morgan fingerprint density at radius 2 is 2.12 bits per heavy atom. The molecule has 0 radical (unpaired) electrons. The molecule has 2 rings (SSSR count). The monoisotopic (exact) mass is 357 g/mol. The second-order valence-corrected chi connectivity index (χ2v) is 9.07. The zero-order valence-electron chi connectivity index (χ0n) is 14.7. The van der Waals surface area contributed by atoms with Gasteiger partial charge in [-0.15, -0.1) is 0 Å². The maximum atomic E-state index is 12.5. The molecule has 1 unspecified atom stereocenters. The highest BCUT2D eigenvalue weighted by Crippen LogP contribution is 2.24. The number of nitrogens with zero attached hydrogens (tertiary/aromatic N) is 2. The number of hydrogen-bond donors (Lipinski definition) is 2. The van der Waals surface area contributed by atoms with E-state index in [4.69, 9.17) is 5.11 Å². The molecule has 8 heteroatoms. The Labute approximate surface area is 143 Å². The van der Waals surface area contributed by atoms with Gasteiger partial charge in [0.2, 0.25) is 10.0 Å². The summed E-state index contributed by atoms with van der Waals surface area (Å²) in [6, 6.07) is 1.18. The fourth-order valence-electron chi connectivity index (χ4n) is 3.10. The number of aromatic carboxylic acids is 1. The van der Waals surface area contributed by atoms with Gasteiger partial charge in [-0.25, -0.2) is 17.9 Å². The lowest BCUT2D eigenvalue weighted by molar-refractivity contribution is 0.0686. The summed E-state index contributed by atoms with van der Waals surface area (Å²) in [7, 11) is -2.23. The minimum Gasteiger partial charge on any atom is -0.477 e. The average molecular weight is 357 g/mol. The highest BCUT2D eigenvalue weighted by Gasteiger charge is 2.32. The first-order valence-electron chi connectivity index (χ1n) is 8.17. The lowest BCUT2D eigenvalue weighted by atomic mass is 9.94. The Kier molecular flexibility index (Phi) is 5.41. The van der Waals surface area contributed by atoms with E-state index in [1.807, 2.05) is 13.8 Å². The molecule has 0 amide bonds. The quantitative estimate of drug-likeness (QED) is 0.805. The smallest absolute Gasteiger partial charge is 0.352 e. The Morgan fingerprint density at radius 1 is 1.46 bits per heavy atom. The number of aromatic nitrogens is 1. The largest absolute Gasteiger partial charge is 0.477 e. The van der Waals surface area contributed by atoms with E-state index in [0.29, 0.717) is 5.92 Å². The molecule has 7 nitrogen and oxygen atoms in total. The van der Waals surface area contributed by atoms with Crippen LogP contribution in [-0.2, 0) is 17.1 Å². The molecular weight excluding hydrogens is 330 g/mol. The molecule has 0 aliphatic carbocycles. The lowest BCUT2D eigenvalue weighted by Gasteiger charge is -2.43. The number of hydrogen-bond acceptors (Lipinski definition) is 4. The van der Waals surface area contributed by atoms with Crippen molar-refractivity contribution in [3.8, 4) is 0 Å². The van der Waals surface area contributed by atoms with E-state index < -0.39 is 16.0 Å². The van der Waals surface area contributed by atoms with Gasteiger partial charge in [0.1, 0.15) is 10.6 Å². The van der Waals surface area contributed by atoms with Gasteiger partial charge in [0.05, 0.1) is 0 Å². The van der Waals surface area contributed by atoms with Crippen molar-refractivity contribution in [1.29, 1.82) is 0 Å². The minimum absolute atomic E-state index is 0.0230. The first-order valence-corrected chi connectivity index (χ1v) is 9.65. The van der Waals surface area contributed by atoms with Crippen LogP contribution in [0.3, 0.4) is 0 Å². The van der Waals surface area contributed by atoms with Gasteiger partial charge in [-0.1, -0.05) is 6.92 Å². The Balaban J connectivity index is 2.09. The molecule has 0 bridgehead atoms. The maximum absolute atomic E-state index is 12.5. The third kappa shape index (κ3) is 4.17. The third-order valence-electron chi connectivity index (χ3n) is 4.72. The summed E-state index contributed by atoms with van der Waals surface area (Å²) in [5.74, 6) is -0.538. The van der Waals surface area contributed by atoms with Crippen LogP contribution in [0.1, 0.15) is 44.1 Å². The molecule has 1 aliphatic heterocycles. The fourth-order valence-corrected chi connectivity index (χ4v) is 4.37. The van der Waals surface area contributed by atoms with Crippen LogP contribution in [0.25, 0.3) is 0 Å². The molecule has 0 saturated carbocycles. The molecule has 24 heavy (non-hydrogen) atoms. The number of carboxylic acids is 1. The molecule has 1 aromatic rings. The molecule has 1 aromatic heterocycles. The van der Waals surface area contributed by atoms with Gasteiger partial charge in [-0.2, -0.15) is 0 Å². The summed E-state index contributed by atoms with van der Waals surface area (Å²) >= 11 is 0. The first kappa shape index (κ1) is 19.0. The van der Waals surface area contributed by atoms with Crippen LogP contribution >= 0.6 is 0 Å². The van der Waals surface area contributed by atoms with Crippen molar-refractivity contribution in [2.45, 2.75) is 44.0 Å². The first-order chi connectivity index (χ1) is 11.0. The summed E-state index contributed by atoms with van der Waals surface area (Å²) in [6.45, 7) is 8.47. The van der Waals surface area contributed by atoms with Crippen LogP contribution in [0.4, 0.5) is 0 Å². The van der Waals surface area contributed by atoms with E-state index >= 15 is 0 Å². The van der Waals surface area contributed by atoms with Crippen LogP contribution in [0.15, 0.2) is 17.2 Å². The molecule has 1 atom stereocenters. The van der Waals surface area contributed by atoms with Gasteiger partial charge in [0, 0.05) is 31.9 Å². The molecule has 2 heterocycles. The zero-order chi connectivity index (χ0) is 18.1. The van der Waals surface area contributed by atoms with Crippen LogP contribution in [0.5, 0.6) is 0 Å². The summed E-state index contributed by atoms with van der Waals surface area (Å²) in [5, 5.41) is 9.06. The summed E-state index contributed by atoms with van der Waals surface area (Å²) in [6.07, 6.45) is 3.65. The second kappa shape index (κ2) is 6.85. The lowest BCUT2D eigenvalue weighted by Crippen LogP contribution is -2.54. The van der Waals surface area contributed by atoms with E-state index in [9.17, 15) is 13.2 Å². The molecule has 1 saturated heterocycles. The Morgan fingerprint density at radius 3 is 2.67 bits per heavy atom. The molecule has 1 fully saturated rings. The predicted octanol–water partition coefficient (Wildman–Crippen LogP) is 1.51. The van der Waals surface area contributed by atoms with Crippen LogP contribution < -0.4 is 4.72 Å². The number of sulfonamides is 1. The van der Waals surface area contributed by atoms with Gasteiger partial charge >= 0.3 is 5.97 Å². The van der Waals surface area contributed by atoms with E-state index in [2.05, 4.69) is 16.5 Å². The van der Waals surface area contributed by atoms with Crippen molar-refractivity contribution in [3.63, 3.8) is 0 Å². The van der Waals surface area contributed by atoms with E-state index in [-0.39, 0.29) is 22.7 Å². The number of carbonyl (C=O) groups is 1. The standard InChI is InChI=1S/C16H27N3O4S/c1-12-6-5-7-19(9-12)16(2,3)11-17-24(22,23)13-8-14(15(20)21)18(4)10-13/h8,10,12,17H,5-7,9,11H2,1-4H3,(H,20,21). The van der Waals surface area contributed by atoms with Gasteiger partial charge in [0.25, 0.3) is 0 Å². The minimum atomic E-state index is -3.74. The number of likely N-dealkylation sites (tertiary alicyclic amines) is 1. The molecular formula is C16H27N3O4S. The normalized spacial score (nSPS) is 20.2. The molecule has 136 valence electrons. The van der Waals surface area contributed by atoms with E-state index in [0.717, 1.165) is 19.5 Å². The predicted molar refractivity (Wildman–Crippen MR) is 91.6 cm³/mol. The molecule has 0 spiro atoms. The number of rotatable bonds is 6. The average Bonchev–Trinajstić information content (AvgIpc) is 2.88. The number of nitrogens with one attached hydrogen (secondary N) is 1. The van der Waals surface area contributed by atoms with Crippen molar-refractivity contribution in [2.75, 3.05) is 19.6 Å². The summed E-state index contributed by atoms with van der Waals surface area (Å²) < 4.78 is 28.9. The van der Waals surface area contributed by atoms with Crippen molar-refractivity contribution >= 4 is 16.0 Å². The van der Waals surface area contributed by atoms with Gasteiger partial charge in [-0.3, -0.25) is 4.90 Å². The van der Waals surface area contributed by atoms with E-state index in [1.165, 1.54) is 30.3 Å². The molecule has 1 aliphatic rings. The molecule has 2 N–H and O–H groups in total. The second-order valence-electron chi connectivity index (χ2n) is 7.31. The number of piperidine rings is 1. The Hall–Kier alpha value is -1.38. The Bertz CT molecular complexity index is 709. The maximum Gasteiger partial charge on any atom is 0.352 e. The highest BCUT2D eigenvalue weighted by atomic mass is 32.2. The van der Waals surface area contributed by atoms with Crippen molar-refractivity contribution < 1.29 is 18.3 Å². The number of aryl methyl sites for hydroxylation is 1. The topological polar surface area (TPSA) is 91.6 Å². The summed E-state index contributed by atoms with van der Waals surface area (Å²) in [5.41, 5.74) is -0.355. The van der Waals surface area contributed by atoms with Gasteiger partial charge < -0.3 is 9.67 Å². The molecule has 0 aromatic carbocycles. The van der Waals surface area contributed by atoms with Crippen molar-refractivity contribution in [3.05, 3.63) is 18.0 Å². The zero-order valence-corrected chi connectivity index (χ0v) is 15.6. The summed E-state index contributed by atoms with van der Waals surface area (Å²) in [4.78, 5) is 13.4. The van der Waals surface area contributed by atoms with E-state index in [1.54, 1.807) is 0 Å². The van der Waals surface area contributed by atoms with Crippen LogP contribution in [-0.4, -0.2) is 54.1 Å². The van der Waals surface area contributed by atoms with Crippen LogP contribution in [0.2, 0.25) is 0 Å². The SMILES string of the molecule is CC1CCCN(C(C)(C)CNS(=O)(=O)c2cc(C(=O)O)n(C)c2)C1. The van der Waals surface area contributed by atoms with Crippen molar-refractivity contribution in [1.82, 2.24) is 14.2 Å². The highest BCUT2D eigenvalue weighted by molar-refractivity contribution is 7.89. The number of carboxylic acid groups (broad SMARTS) is 1. The van der Waals surface area contributed by atoms with Gasteiger partial charge in [0.15, 0.2) is 0 Å². The van der Waals surface area contributed by atoms with Crippen molar-refractivity contribution in [2.24, 2.45) is 13.0 Å². The third-order valence-corrected chi connectivity index (χ3v) is 6.09.